The normalized spacial score (nSPS) is 10.9. The molecule has 2 aromatic carbocycles. The third kappa shape index (κ3) is 4.80. The van der Waals surface area contributed by atoms with Crippen LogP contribution in [0.4, 0.5) is 5.69 Å². The van der Waals surface area contributed by atoms with Crippen LogP contribution in [0.25, 0.3) is 11.4 Å². The highest BCUT2D eigenvalue weighted by atomic mass is 32.2. The van der Waals surface area contributed by atoms with Gasteiger partial charge in [-0.1, -0.05) is 42.1 Å². The molecule has 1 heterocycles. The van der Waals surface area contributed by atoms with Crippen LogP contribution in [0.2, 0.25) is 0 Å². The largest absolute Gasteiger partial charge is 0.305 e. The van der Waals surface area contributed by atoms with E-state index in [0.29, 0.717) is 10.7 Å². The maximum absolute atomic E-state index is 11.9. The number of nitro groups is 1. The molecule has 0 aliphatic rings. The molecule has 142 valence electrons. The summed E-state index contributed by atoms with van der Waals surface area (Å²) in [5.41, 5.74) is 4.00. The van der Waals surface area contributed by atoms with E-state index in [1.54, 1.807) is 12.1 Å². The summed E-state index contributed by atoms with van der Waals surface area (Å²) in [5, 5.41) is 23.4. The standard InChI is InChI=1S/C18H16N6O3S/c1-23-17(14-5-3-2-4-6-14)21-22-18(23)28-12-16(25)20-19-11-13-7-9-15(10-8-13)24(26)27/h2-11H,12H2,1H3,(H,20,25). The van der Waals surface area contributed by atoms with Gasteiger partial charge in [0.1, 0.15) is 0 Å². The monoisotopic (exact) mass is 396 g/mol. The number of rotatable bonds is 7. The minimum absolute atomic E-state index is 0.00358. The van der Waals surface area contributed by atoms with Crippen molar-refractivity contribution < 1.29 is 9.72 Å². The lowest BCUT2D eigenvalue weighted by Gasteiger charge is -2.03. The SMILES string of the molecule is Cn1c(SCC(=O)NN=Cc2ccc([N+](=O)[O-])cc2)nnc1-c1ccccc1. The molecule has 0 saturated carbocycles. The molecule has 3 rings (SSSR count). The molecule has 28 heavy (non-hydrogen) atoms. The van der Waals surface area contributed by atoms with Gasteiger partial charge < -0.3 is 4.57 Å². The molecule has 0 atom stereocenters. The number of hydrogen-bond acceptors (Lipinski definition) is 7. The van der Waals surface area contributed by atoms with Gasteiger partial charge in [0.25, 0.3) is 11.6 Å². The number of carbonyl (C=O) groups is 1. The molecule has 1 N–H and O–H groups in total. The van der Waals surface area contributed by atoms with Crippen LogP contribution < -0.4 is 5.43 Å². The second-order valence-corrected chi connectivity index (χ2v) is 6.60. The number of nitrogens with one attached hydrogen (secondary N) is 1. The Labute approximate surface area is 164 Å². The summed E-state index contributed by atoms with van der Waals surface area (Å²) in [7, 11) is 1.84. The fourth-order valence-electron chi connectivity index (χ4n) is 2.30. The first-order valence-corrected chi connectivity index (χ1v) is 9.17. The fourth-order valence-corrected chi connectivity index (χ4v) is 3.01. The average Bonchev–Trinajstić information content (AvgIpc) is 3.08. The van der Waals surface area contributed by atoms with Crippen LogP contribution in [-0.4, -0.2) is 37.6 Å². The van der Waals surface area contributed by atoms with Gasteiger partial charge in [-0.2, -0.15) is 5.10 Å². The Morgan fingerprint density at radius 3 is 2.61 bits per heavy atom. The summed E-state index contributed by atoms with van der Waals surface area (Å²) >= 11 is 1.25. The molecule has 0 unspecified atom stereocenters. The smallest absolute Gasteiger partial charge is 0.269 e. The number of non-ortho nitro benzene ring substituents is 1. The van der Waals surface area contributed by atoms with Gasteiger partial charge in [0.05, 0.1) is 16.9 Å². The van der Waals surface area contributed by atoms with Gasteiger partial charge >= 0.3 is 0 Å². The second kappa shape index (κ2) is 8.91. The number of carbonyl (C=O) groups excluding carboxylic acids is 1. The quantitative estimate of drug-likeness (QED) is 0.284. The summed E-state index contributed by atoms with van der Waals surface area (Å²) in [6.45, 7) is 0. The van der Waals surface area contributed by atoms with Gasteiger partial charge in [0, 0.05) is 24.7 Å². The maximum atomic E-state index is 11.9. The van der Waals surface area contributed by atoms with E-state index in [4.69, 9.17) is 0 Å². The first kappa shape index (κ1) is 19.2. The average molecular weight is 396 g/mol. The molecule has 0 aliphatic heterocycles. The minimum Gasteiger partial charge on any atom is -0.305 e. The molecule has 3 aromatic rings. The first-order valence-electron chi connectivity index (χ1n) is 8.18. The summed E-state index contributed by atoms with van der Waals surface area (Å²) < 4.78 is 1.83. The van der Waals surface area contributed by atoms with Crippen LogP contribution >= 0.6 is 11.8 Å². The van der Waals surface area contributed by atoms with Crippen molar-refractivity contribution in [1.29, 1.82) is 0 Å². The van der Waals surface area contributed by atoms with Gasteiger partial charge in [0.15, 0.2) is 11.0 Å². The molecule has 1 aromatic heterocycles. The van der Waals surface area contributed by atoms with Gasteiger partial charge in [0.2, 0.25) is 0 Å². The highest BCUT2D eigenvalue weighted by molar-refractivity contribution is 7.99. The van der Waals surface area contributed by atoms with Crippen molar-refractivity contribution in [3.05, 3.63) is 70.3 Å². The number of aromatic nitrogens is 3. The number of hydrazone groups is 1. The van der Waals surface area contributed by atoms with Crippen LogP contribution in [0, 0.1) is 10.1 Å². The Bertz CT molecular complexity index is 1000. The Morgan fingerprint density at radius 2 is 1.93 bits per heavy atom. The second-order valence-electron chi connectivity index (χ2n) is 5.66. The van der Waals surface area contributed by atoms with Crippen LogP contribution in [0.1, 0.15) is 5.56 Å². The molecular weight excluding hydrogens is 380 g/mol. The van der Waals surface area contributed by atoms with Gasteiger partial charge in [-0.05, 0) is 17.7 Å². The minimum atomic E-state index is -0.477. The van der Waals surface area contributed by atoms with Crippen LogP contribution in [-0.2, 0) is 11.8 Å². The van der Waals surface area contributed by atoms with Crippen molar-refractivity contribution >= 4 is 29.6 Å². The maximum Gasteiger partial charge on any atom is 0.269 e. The van der Waals surface area contributed by atoms with E-state index in [2.05, 4.69) is 20.7 Å². The van der Waals surface area contributed by atoms with Gasteiger partial charge in [-0.3, -0.25) is 14.9 Å². The molecule has 0 bridgehead atoms. The fraction of sp³-hybridized carbons (Fsp3) is 0.111. The zero-order valence-corrected chi connectivity index (χ0v) is 15.7. The number of nitro benzene ring substituents is 1. The molecule has 0 radical (unpaired) electrons. The van der Waals surface area contributed by atoms with E-state index in [-0.39, 0.29) is 17.3 Å². The summed E-state index contributed by atoms with van der Waals surface area (Å²) in [6.07, 6.45) is 1.42. The van der Waals surface area contributed by atoms with E-state index < -0.39 is 4.92 Å². The number of nitrogens with zero attached hydrogens (tertiary/aromatic N) is 5. The van der Waals surface area contributed by atoms with Crippen molar-refractivity contribution in [1.82, 2.24) is 20.2 Å². The summed E-state index contributed by atoms with van der Waals surface area (Å²) in [5.74, 6) is 0.547. The highest BCUT2D eigenvalue weighted by Crippen LogP contribution is 2.22. The van der Waals surface area contributed by atoms with Crippen LogP contribution in [0.5, 0.6) is 0 Å². The van der Waals surface area contributed by atoms with Crippen molar-refractivity contribution in [3.8, 4) is 11.4 Å². The van der Waals surface area contributed by atoms with E-state index in [1.165, 1.54) is 30.1 Å². The Balaban J connectivity index is 1.52. The third-order valence-electron chi connectivity index (χ3n) is 3.71. The number of amides is 1. The molecule has 10 heteroatoms. The van der Waals surface area contributed by atoms with Crippen LogP contribution in [0.15, 0.2) is 64.9 Å². The van der Waals surface area contributed by atoms with Crippen LogP contribution in [0.3, 0.4) is 0 Å². The number of thioether (sulfide) groups is 1. The molecule has 0 fully saturated rings. The third-order valence-corrected chi connectivity index (χ3v) is 4.73. The van der Waals surface area contributed by atoms with Crippen molar-refractivity contribution in [3.63, 3.8) is 0 Å². The summed E-state index contributed by atoms with van der Waals surface area (Å²) in [4.78, 5) is 22.1. The number of benzene rings is 2. The molecule has 0 saturated heterocycles. The predicted octanol–water partition coefficient (Wildman–Crippen LogP) is 2.63. The first-order chi connectivity index (χ1) is 13.5. The molecular formula is C18H16N6O3S. The van der Waals surface area contributed by atoms with Crippen molar-refractivity contribution in [2.45, 2.75) is 5.16 Å². The molecule has 0 spiro atoms. The number of hydrogen-bond donors (Lipinski definition) is 1. The van der Waals surface area contributed by atoms with E-state index in [9.17, 15) is 14.9 Å². The lowest BCUT2D eigenvalue weighted by molar-refractivity contribution is -0.384. The predicted molar refractivity (Wildman–Crippen MR) is 106 cm³/mol. The van der Waals surface area contributed by atoms with E-state index >= 15 is 0 Å². The van der Waals surface area contributed by atoms with E-state index in [1.807, 2.05) is 41.9 Å². The van der Waals surface area contributed by atoms with Gasteiger partial charge in [-0.15, -0.1) is 10.2 Å². The molecule has 0 aliphatic carbocycles. The zero-order chi connectivity index (χ0) is 19.9. The molecule has 1 amide bonds. The van der Waals surface area contributed by atoms with E-state index in [0.717, 1.165) is 11.4 Å². The lowest BCUT2D eigenvalue weighted by atomic mass is 10.2. The lowest BCUT2D eigenvalue weighted by Crippen LogP contribution is -2.19. The summed E-state index contributed by atoms with van der Waals surface area (Å²) in [6, 6.07) is 15.5. The van der Waals surface area contributed by atoms with Gasteiger partial charge in [-0.25, -0.2) is 5.43 Å². The molecule has 9 nitrogen and oxygen atoms in total. The zero-order valence-electron chi connectivity index (χ0n) is 14.8. The Morgan fingerprint density at radius 1 is 1.21 bits per heavy atom. The van der Waals surface area contributed by atoms with Crippen molar-refractivity contribution in [2.75, 3.05) is 5.75 Å². The Hall–Kier alpha value is -3.53. The van der Waals surface area contributed by atoms with Crippen molar-refractivity contribution in [2.24, 2.45) is 12.1 Å². The topological polar surface area (TPSA) is 115 Å². The highest BCUT2D eigenvalue weighted by Gasteiger charge is 2.12. The Kier molecular flexibility index (Phi) is 6.12.